The molecule has 6 nitrogen and oxygen atoms in total. The molecule has 0 radical (unpaired) electrons. The van der Waals surface area contributed by atoms with Crippen LogP contribution in [-0.2, 0) is 5.75 Å². The van der Waals surface area contributed by atoms with Crippen molar-refractivity contribution in [1.29, 1.82) is 0 Å². The third kappa shape index (κ3) is 4.06. The van der Waals surface area contributed by atoms with E-state index >= 15 is 0 Å². The SMILES string of the molecule is Fc1ccc(-c2nc(CSc3nnc(Nc4ccccc4)s3)no2)cc1. The van der Waals surface area contributed by atoms with Gasteiger partial charge in [0, 0.05) is 11.3 Å². The molecule has 4 rings (SSSR count). The average Bonchev–Trinajstić information content (AvgIpc) is 3.31. The van der Waals surface area contributed by atoms with Crippen molar-refractivity contribution in [2.45, 2.75) is 10.1 Å². The van der Waals surface area contributed by atoms with Gasteiger partial charge in [-0.25, -0.2) is 4.39 Å². The summed E-state index contributed by atoms with van der Waals surface area (Å²) in [5, 5.41) is 16.1. The normalized spacial score (nSPS) is 10.8. The monoisotopic (exact) mass is 385 g/mol. The Bertz CT molecular complexity index is 988. The molecule has 2 aromatic heterocycles. The van der Waals surface area contributed by atoms with Crippen LogP contribution < -0.4 is 5.32 Å². The van der Waals surface area contributed by atoms with Crippen molar-refractivity contribution in [2.75, 3.05) is 5.32 Å². The van der Waals surface area contributed by atoms with E-state index in [9.17, 15) is 4.39 Å². The molecule has 2 aromatic carbocycles. The number of para-hydroxylation sites is 1. The molecule has 130 valence electrons. The predicted molar refractivity (Wildman–Crippen MR) is 98.9 cm³/mol. The van der Waals surface area contributed by atoms with Gasteiger partial charge in [0.15, 0.2) is 10.2 Å². The highest BCUT2D eigenvalue weighted by atomic mass is 32.2. The Morgan fingerprint density at radius 2 is 1.85 bits per heavy atom. The van der Waals surface area contributed by atoms with Gasteiger partial charge in [-0.3, -0.25) is 0 Å². The highest BCUT2D eigenvalue weighted by molar-refractivity contribution is 8.00. The molecular weight excluding hydrogens is 373 g/mol. The lowest BCUT2D eigenvalue weighted by Crippen LogP contribution is -1.87. The van der Waals surface area contributed by atoms with Crippen LogP contribution in [0.15, 0.2) is 63.5 Å². The van der Waals surface area contributed by atoms with Crippen molar-refractivity contribution in [3.8, 4) is 11.5 Å². The van der Waals surface area contributed by atoms with Crippen LogP contribution in [0, 0.1) is 5.82 Å². The second-order valence-electron chi connectivity index (χ2n) is 5.18. The Kier molecular flexibility index (Phi) is 4.89. The lowest BCUT2D eigenvalue weighted by molar-refractivity contribution is 0.425. The standard InChI is InChI=1S/C17H12FN5OS2/c18-12-8-6-11(7-9-12)15-20-14(23-24-15)10-25-17-22-21-16(26-17)19-13-4-2-1-3-5-13/h1-9H,10H2,(H,19,21). The second-order valence-corrected chi connectivity index (χ2v) is 7.38. The summed E-state index contributed by atoms with van der Waals surface area (Å²) >= 11 is 2.93. The van der Waals surface area contributed by atoms with Crippen molar-refractivity contribution in [3.63, 3.8) is 0 Å². The van der Waals surface area contributed by atoms with E-state index in [0.29, 0.717) is 23.0 Å². The molecule has 0 aliphatic rings. The Labute approximate surface area is 156 Å². The Hall–Kier alpha value is -2.78. The first-order chi connectivity index (χ1) is 12.8. The molecule has 0 aliphatic carbocycles. The van der Waals surface area contributed by atoms with Crippen molar-refractivity contribution < 1.29 is 8.91 Å². The summed E-state index contributed by atoms with van der Waals surface area (Å²) in [6, 6.07) is 15.7. The summed E-state index contributed by atoms with van der Waals surface area (Å²) in [5.41, 5.74) is 1.64. The fourth-order valence-electron chi connectivity index (χ4n) is 2.11. The van der Waals surface area contributed by atoms with Gasteiger partial charge in [0.05, 0.1) is 5.75 Å². The molecule has 0 aliphatic heterocycles. The number of anilines is 2. The molecule has 1 N–H and O–H groups in total. The van der Waals surface area contributed by atoms with E-state index < -0.39 is 0 Å². The van der Waals surface area contributed by atoms with E-state index in [-0.39, 0.29) is 5.82 Å². The smallest absolute Gasteiger partial charge is 0.257 e. The molecule has 4 aromatic rings. The molecule has 9 heteroatoms. The first-order valence-electron chi connectivity index (χ1n) is 7.63. The zero-order chi connectivity index (χ0) is 17.8. The van der Waals surface area contributed by atoms with Crippen molar-refractivity contribution in [1.82, 2.24) is 20.3 Å². The maximum atomic E-state index is 13.0. The molecule has 2 heterocycles. The molecule has 0 atom stereocenters. The summed E-state index contributed by atoms with van der Waals surface area (Å²) in [4.78, 5) is 4.32. The lowest BCUT2D eigenvalue weighted by Gasteiger charge is -1.99. The van der Waals surface area contributed by atoms with Gasteiger partial charge in [-0.1, -0.05) is 46.5 Å². The van der Waals surface area contributed by atoms with E-state index in [0.717, 1.165) is 15.2 Å². The van der Waals surface area contributed by atoms with Gasteiger partial charge in [-0.15, -0.1) is 10.2 Å². The van der Waals surface area contributed by atoms with Crippen LogP contribution >= 0.6 is 23.1 Å². The minimum atomic E-state index is -0.305. The van der Waals surface area contributed by atoms with Gasteiger partial charge < -0.3 is 9.84 Å². The molecule has 0 amide bonds. The largest absolute Gasteiger partial charge is 0.334 e. The molecule has 0 bridgehead atoms. The molecule has 0 spiro atoms. The number of rotatable bonds is 6. The number of benzene rings is 2. The number of hydrogen-bond donors (Lipinski definition) is 1. The number of hydrogen-bond acceptors (Lipinski definition) is 8. The minimum absolute atomic E-state index is 0.305. The fourth-order valence-corrected chi connectivity index (χ4v) is 3.73. The zero-order valence-electron chi connectivity index (χ0n) is 13.3. The van der Waals surface area contributed by atoms with E-state index in [1.165, 1.54) is 35.2 Å². The average molecular weight is 385 g/mol. The number of halogens is 1. The van der Waals surface area contributed by atoms with Gasteiger partial charge in [0.1, 0.15) is 5.82 Å². The number of nitrogens with one attached hydrogen (secondary N) is 1. The van der Waals surface area contributed by atoms with Crippen LogP contribution in [0.1, 0.15) is 5.82 Å². The van der Waals surface area contributed by atoms with E-state index in [1.807, 2.05) is 30.3 Å². The van der Waals surface area contributed by atoms with Crippen LogP contribution in [0.2, 0.25) is 0 Å². The summed E-state index contributed by atoms with van der Waals surface area (Å²) < 4.78 is 19.0. The van der Waals surface area contributed by atoms with Gasteiger partial charge in [0.2, 0.25) is 5.13 Å². The third-order valence-corrected chi connectivity index (χ3v) is 5.28. The quantitative estimate of drug-likeness (QED) is 0.479. The summed E-state index contributed by atoms with van der Waals surface area (Å²) in [6.45, 7) is 0. The van der Waals surface area contributed by atoms with Gasteiger partial charge >= 0.3 is 0 Å². The van der Waals surface area contributed by atoms with Crippen LogP contribution in [-0.4, -0.2) is 20.3 Å². The highest BCUT2D eigenvalue weighted by Crippen LogP contribution is 2.29. The van der Waals surface area contributed by atoms with Crippen LogP contribution in [0.4, 0.5) is 15.2 Å². The van der Waals surface area contributed by atoms with Crippen molar-refractivity contribution >= 4 is 33.9 Å². The van der Waals surface area contributed by atoms with Crippen LogP contribution in [0.3, 0.4) is 0 Å². The van der Waals surface area contributed by atoms with E-state index in [1.54, 1.807) is 12.1 Å². The van der Waals surface area contributed by atoms with Gasteiger partial charge in [-0.2, -0.15) is 4.98 Å². The van der Waals surface area contributed by atoms with E-state index in [4.69, 9.17) is 4.52 Å². The number of thioether (sulfide) groups is 1. The summed E-state index contributed by atoms with van der Waals surface area (Å²) in [7, 11) is 0. The predicted octanol–water partition coefficient (Wildman–Crippen LogP) is 4.76. The molecule has 26 heavy (non-hydrogen) atoms. The van der Waals surface area contributed by atoms with Gasteiger partial charge in [0.25, 0.3) is 5.89 Å². The summed E-state index contributed by atoms with van der Waals surface area (Å²) in [6.07, 6.45) is 0. The minimum Gasteiger partial charge on any atom is -0.334 e. The maximum absolute atomic E-state index is 13.0. The Morgan fingerprint density at radius 3 is 2.65 bits per heavy atom. The highest BCUT2D eigenvalue weighted by Gasteiger charge is 2.11. The second kappa shape index (κ2) is 7.63. The Morgan fingerprint density at radius 1 is 1.04 bits per heavy atom. The molecule has 0 fully saturated rings. The van der Waals surface area contributed by atoms with E-state index in [2.05, 4.69) is 25.7 Å². The molecular formula is C17H12FN5OS2. The van der Waals surface area contributed by atoms with Crippen molar-refractivity contribution in [3.05, 3.63) is 66.2 Å². The lowest BCUT2D eigenvalue weighted by atomic mass is 10.2. The zero-order valence-corrected chi connectivity index (χ0v) is 14.9. The van der Waals surface area contributed by atoms with Crippen LogP contribution in [0.25, 0.3) is 11.5 Å². The maximum Gasteiger partial charge on any atom is 0.257 e. The molecule has 0 unspecified atom stereocenters. The van der Waals surface area contributed by atoms with Crippen molar-refractivity contribution in [2.24, 2.45) is 0 Å². The number of nitrogens with zero attached hydrogens (tertiary/aromatic N) is 4. The molecule has 0 saturated heterocycles. The fraction of sp³-hybridized carbons (Fsp3) is 0.0588. The van der Waals surface area contributed by atoms with Crippen LogP contribution in [0.5, 0.6) is 0 Å². The summed E-state index contributed by atoms with van der Waals surface area (Å²) in [5.74, 6) is 1.11. The number of aromatic nitrogens is 4. The third-order valence-electron chi connectivity index (χ3n) is 3.32. The van der Waals surface area contributed by atoms with Gasteiger partial charge in [-0.05, 0) is 36.4 Å². The first kappa shape index (κ1) is 16.7. The molecule has 0 saturated carbocycles. The Balaban J connectivity index is 1.37. The first-order valence-corrected chi connectivity index (χ1v) is 9.43. The topological polar surface area (TPSA) is 76.7 Å².